The average molecular weight is 856 g/mol. The quantitative estimate of drug-likeness (QED) is 0.113. The summed E-state index contributed by atoms with van der Waals surface area (Å²) in [5, 5.41) is 17.3. The van der Waals surface area contributed by atoms with Gasteiger partial charge < -0.3 is 39.4 Å². The molecule has 63 heavy (non-hydrogen) atoms. The normalized spacial score (nSPS) is 19.6. The highest BCUT2D eigenvalue weighted by atomic mass is 19.1. The number of fused-ring (bicyclic) bond motifs is 8. The van der Waals surface area contributed by atoms with Crippen LogP contribution in [0, 0.1) is 18.7 Å². The lowest BCUT2D eigenvalue weighted by atomic mass is 9.81. The molecule has 3 N–H and O–H groups in total. The van der Waals surface area contributed by atoms with E-state index in [-0.39, 0.29) is 68.3 Å². The number of carbonyl (C=O) groups is 4. The number of nitrogens with zero attached hydrogens (tertiary/aromatic N) is 3. The summed E-state index contributed by atoms with van der Waals surface area (Å²) in [5.74, 6) is -2.25. The Kier molecular flexibility index (Phi) is 9.94. The lowest BCUT2D eigenvalue weighted by molar-refractivity contribution is -0.172. The second-order valence-electron chi connectivity index (χ2n) is 17.2. The molecule has 5 aliphatic rings. The molecule has 3 aliphatic carbocycles. The van der Waals surface area contributed by atoms with Crippen molar-refractivity contribution in [3.05, 3.63) is 121 Å². The number of hydrogen-bond acceptors (Lipinski definition) is 10. The van der Waals surface area contributed by atoms with Gasteiger partial charge in [0, 0.05) is 35.5 Å². The van der Waals surface area contributed by atoms with Gasteiger partial charge in [-0.25, -0.2) is 19.0 Å². The number of aliphatic hydroxyl groups is 1. The van der Waals surface area contributed by atoms with Crippen molar-refractivity contribution in [3.8, 4) is 22.5 Å². The van der Waals surface area contributed by atoms with Crippen LogP contribution in [-0.2, 0) is 53.8 Å². The van der Waals surface area contributed by atoms with Gasteiger partial charge in [-0.05, 0) is 90.0 Å². The van der Waals surface area contributed by atoms with Crippen molar-refractivity contribution in [2.75, 3.05) is 26.9 Å². The number of likely N-dealkylation sites (N-methyl/N-ethyl adjacent to an activating group) is 1. The summed E-state index contributed by atoms with van der Waals surface area (Å²) in [6, 6.07) is 18.5. The first-order valence-electron chi connectivity index (χ1n) is 21.4. The van der Waals surface area contributed by atoms with Crippen LogP contribution in [0.1, 0.15) is 89.1 Å². The zero-order valence-corrected chi connectivity index (χ0v) is 35.1. The van der Waals surface area contributed by atoms with Crippen molar-refractivity contribution in [2.45, 2.75) is 82.8 Å². The number of carbonyl (C=O) groups excluding carboxylic acids is 4. The Morgan fingerprint density at radius 2 is 1.73 bits per heavy atom. The fraction of sp³-hybridized carbons (Fsp3) is 0.375. The van der Waals surface area contributed by atoms with Crippen LogP contribution in [0.25, 0.3) is 33.4 Å². The minimum atomic E-state index is -2.02. The minimum absolute atomic E-state index is 0.0140. The molecule has 0 radical (unpaired) electrons. The average Bonchev–Trinajstić information content (AvgIpc) is 3.99. The maximum atomic E-state index is 15.5. The molecule has 1 fully saturated rings. The molecule has 2 aromatic heterocycles. The van der Waals surface area contributed by atoms with Gasteiger partial charge in [0.1, 0.15) is 38.4 Å². The number of halogens is 1. The molecule has 3 atom stereocenters. The summed E-state index contributed by atoms with van der Waals surface area (Å²) in [4.78, 5) is 73.5. The highest BCUT2D eigenvalue weighted by molar-refractivity contribution is 5.94. The second kappa shape index (κ2) is 15.4. The molecule has 2 aliphatic heterocycles. The molecule has 15 heteroatoms. The zero-order chi connectivity index (χ0) is 43.9. The number of amides is 3. The monoisotopic (exact) mass is 855 g/mol. The highest BCUT2D eigenvalue weighted by Gasteiger charge is 2.47. The van der Waals surface area contributed by atoms with Crippen LogP contribution >= 0.6 is 0 Å². The first kappa shape index (κ1) is 40.6. The third-order valence-corrected chi connectivity index (χ3v) is 13.7. The maximum absolute atomic E-state index is 15.5. The predicted molar refractivity (Wildman–Crippen MR) is 227 cm³/mol. The largest absolute Gasteiger partial charge is 0.458 e. The van der Waals surface area contributed by atoms with E-state index in [0.717, 1.165) is 51.6 Å². The van der Waals surface area contributed by atoms with Gasteiger partial charge in [-0.15, -0.1) is 0 Å². The summed E-state index contributed by atoms with van der Waals surface area (Å²) < 4.78 is 33.9. The second-order valence-corrected chi connectivity index (χ2v) is 17.2. The topological polar surface area (TPSA) is 178 Å². The van der Waals surface area contributed by atoms with Crippen LogP contribution in [-0.4, -0.2) is 76.5 Å². The first-order valence-corrected chi connectivity index (χ1v) is 21.4. The number of cyclic esters (lactones) is 1. The van der Waals surface area contributed by atoms with Gasteiger partial charge in [0.15, 0.2) is 5.60 Å². The number of nitrogens with one attached hydrogen (secondary N) is 2. The standard InChI is InChI=1S/C48H46FN5O9/c1-4-48(60)34-17-38-42-31(20-54(38)44(56)33(34)22-61-46(48)58)41-37(16-15-26-24(2)35(49)18-36(52-42)40(26)41)53(3)45(57)43(25-13-14-25)63-23-51-39(55)19-50-47(59)62-21-32-29-11-7-5-9-27(29)28-10-6-8-12-30(28)32/h5-12,17-18,25,32,37,43,60H,4,13-16,19-23H2,1-3H3,(H,50,59)(H,51,55)/t37-,43?,48-/m0/s1. The van der Waals surface area contributed by atoms with Crippen molar-refractivity contribution >= 4 is 34.8 Å². The minimum Gasteiger partial charge on any atom is -0.458 e. The number of benzene rings is 3. The Labute approximate surface area is 361 Å². The lowest BCUT2D eigenvalue weighted by Crippen LogP contribution is -2.45. The molecule has 324 valence electrons. The molecular formula is C48H46FN5O9. The molecule has 4 heterocycles. The first-order chi connectivity index (χ1) is 30.4. The van der Waals surface area contributed by atoms with Gasteiger partial charge >= 0.3 is 12.1 Å². The van der Waals surface area contributed by atoms with Gasteiger partial charge in [-0.3, -0.25) is 14.4 Å². The number of esters is 1. The van der Waals surface area contributed by atoms with Crippen LogP contribution < -0.4 is 16.2 Å². The smallest absolute Gasteiger partial charge is 0.407 e. The Hall–Kier alpha value is -6.45. The lowest BCUT2D eigenvalue weighted by Gasteiger charge is -2.36. The van der Waals surface area contributed by atoms with Gasteiger partial charge in [0.2, 0.25) is 5.91 Å². The van der Waals surface area contributed by atoms with Crippen LogP contribution in [0.5, 0.6) is 0 Å². The highest BCUT2D eigenvalue weighted by Crippen LogP contribution is 2.48. The number of pyridine rings is 2. The van der Waals surface area contributed by atoms with E-state index in [1.54, 1.807) is 36.4 Å². The summed E-state index contributed by atoms with van der Waals surface area (Å²) in [6.45, 7) is 2.67. The van der Waals surface area contributed by atoms with E-state index < -0.39 is 47.1 Å². The number of aromatic nitrogens is 2. The Bertz CT molecular complexity index is 2810. The molecule has 1 unspecified atom stereocenters. The van der Waals surface area contributed by atoms with Crippen molar-refractivity contribution in [2.24, 2.45) is 5.92 Å². The molecule has 0 spiro atoms. The maximum Gasteiger partial charge on any atom is 0.407 e. The summed E-state index contributed by atoms with van der Waals surface area (Å²) in [6.07, 6.45) is 0.844. The van der Waals surface area contributed by atoms with Gasteiger partial charge in [0.05, 0.1) is 35.1 Å². The van der Waals surface area contributed by atoms with Crippen LogP contribution in [0.2, 0.25) is 0 Å². The van der Waals surface area contributed by atoms with Crippen molar-refractivity contribution in [3.63, 3.8) is 0 Å². The number of aryl methyl sites for hydroxylation is 1. The van der Waals surface area contributed by atoms with E-state index in [9.17, 15) is 29.1 Å². The van der Waals surface area contributed by atoms with E-state index in [0.29, 0.717) is 40.9 Å². The Morgan fingerprint density at radius 3 is 2.43 bits per heavy atom. The van der Waals surface area contributed by atoms with E-state index in [1.165, 1.54) is 6.07 Å². The van der Waals surface area contributed by atoms with Gasteiger partial charge in [-0.2, -0.15) is 0 Å². The molecule has 0 bridgehead atoms. The molecule has 14 nitrogen and oxygen atoms in total. The molecule has 5 aromatic rings. The van der Waals surface area contributed by atoms with Crippen LogP contribution in [0.4, 0.5) is 9.18 Å². The molecule has 1 saturated carbocycles. The number of rotatable bonds is 11. The van der Waals surface area contributed by atoms with Gasteiger partial charge in [-0.1, -0.05) is 55.5 Å². The van der Waals surface area contributed by atoms with Gasteiger partial charge in [0.25, 0.3) is 11.5 Å². The summed E-state index contributed by atoms with van der Waals surface area (Å²) >= 11 is 0. The fourth-order valence-electron chi connectivity index (χ4n) is 10.2. The van der Waals surface area contributed by atoms with Crippen LogP contribution in [0.3, 0.4) is 0 Å². The number of alkyl carbamates (subject to hydrolysis) is 1. The molecule has 10 rings (SSSR count). The van der Waals surface area contributed by atoms with Crippen molar-refractivity contribution < 1.29 is 42.9 Å². The zero-order valence-electron chi connectivity index (χ0n) is 35.1. The SMILES string of the molecule is CC[C@@]1(O)C(=O)OCc2c1cc1n(c2=O)Cc2c-1nc1cc(F)c(C)c3c1c2[C@@H](N(C)C(=O)C(OCNC(=O)CNC(=O)OCC1c2ccccc2-c2ccccc21)C1CC1)CC3. The van der Waals surface area contributed by atoms with Crippen LogP contribution in [0.15, 0.2) is 65.5 Å². The molecule has 3 amide bonds. The summed E-state index contributed by atoms with van der Waals surface area (Å²) in [7, 11) is 1.71. The summed E-state index contributed by atoms with van der Waals surface area (Å²) in [5.41, 5.74) is 6.21. The van der Waals surface area contributed by atoms with Crippen molar-refractivity contribution in [1.82, 2.24) is 25.1 Å². The molecule has 3 aromatic carbocycles. The Balaban J connectivity index is 0.841. The predicted octanol–water partition coefficient (Wildman–Crippen LogP) is 5.38. The third kappa shape index (κ3) is 6.58. The number of ether oxygens (including phenoxy) is 3. The van der Waals surface area contributed by atoms with E-state index >= 15 is 4.39 Å². The molecule has 0 saturated heterocycles. The molecular weight excluding hydrogens is 810 g/mol. The number of hydrogen-bond donors (Lipinski definition) is 3. The van der Waals surface area contributed by atoms with E-state index in [2.05, 4.69) is 22.8 Å². The van der Waals surface area contributed by atoms with Crippen molar-refractivity contribution in [1.29, 1.82) is 0 Å². The fourth-order valence-corrected chi connectivity index (χ4v) is 10.2. The Morgan fingerprint density at radius 1 is 1.02 bits per heavy atom. The van der Waals surface area contributed by atoms with E-state index in [1.807, 2.05) is 36.4 Å². The van der Waals surface area contributed by atoms with E-state index in [4.69, 9.17) is 19.2 Å². The third-order valence-electron chi connectivity index (χ3n) is 13.7.